The van der Waals surface area contributed by atoms with Crippen LogP contribution in [-0.2, 0) is 17.8 Å². The van der Waals surface area contributed by atoms with Crippen molar-refractivity contribution in [2.75, 3.05) is 39.8 Å². The zero-order chi connectivity index (χ0) is 21.8. The molecule has 2 fully saturated rings. The van der Waals surface area contributed by atoms with Gasteiger partial charge in [-0.15, -0.1) is 24.0 Å². The van der Waals surface area contributed by atoms with E-state index in [1.54, 1.807) is 0 Å². The minimum absolute atomic E-state index is 0. The van der Waals surface area contributed by atoms with Crippen LogP contribution in [-0.4, -0.2) is 77.5 Å². The minimum Gasteiger partial charge on any atom is -0.373 e. The van der Waals surface area contributed by atoms with Gasteiger partial charge >= 0.3 is 0 Å². The molecule has 3 unspecified atom stereocenters. The van der Waals surface area contributed by atoms with Crippen molar-refractivity contribution in [2.24, 2.45) is 10.9 Å². The van der Waals surface area contributed by atoms with Gasteiger partial charge in [-0.25, -0.2) is 0 Å². The number of guanidine groups is 1. The monoisotopic (exact) mass is 552 g/mol. The number of hydrogen-bond acceptors (Lipinski definition) is 4. The summed E-state index contributed by atoms with van der Waals surface area (Å²) in [6, 6.07) is 13.3. The summed E-state index contributed by atoms with van der Waals surface area (Å²) in [5, 5.41) is 8.19. The van der Waals surface area contributed by atoms with Gasteiger partial charge in [0.1, 0.15) is 0 Å². The van der Waals surface area contributed by atoms with Gasteiger partial charge in [-0.3, -0.25) is 14.6 Å². The third kappa shape index (κ3) is 6.02. The van der Waals surface area contributed by atoms with Crippen molar-refractivity contribution in [1.82, 2.24) is 24.9 Å². The van der Waals surface area contributed by atoms with Crippen molar-refractivity contribution in [3.8, 4) is 0 Å². The molecule has 3 atom stereocenters. The number of rotatable bonds is 6. The van der Waals surface area contributed by atoms with E-state index >= 15 is 0 Å². The summed E-state index contributed by atoms with van der Waals surface area (Å²) < 4.78 is 8.24. The summed E-state index contributed by atoms with van der Waals surface area (Å²) in [4.78, 5) is 9.50. The Balaban J connectivity index is 0.00000289. The second kappa shape index (κ2) is 11.5. The average Bonchev–Trinajstić information content (AvgIpc) is 3.32. The van der Waals surface area contributed by atoms with E-state index in [4.69, 9.17) is 4.74 Å². The predicted octanol–water partition coefficient (Wildman–Crippen LogP) is 2.91. The van der Waals surface area contributed by atoms with E-state index in [2.05, 4.69) is 80.1 Å². The molecule has 8 heteroatoms. The van der Waals surface area contributed by atoms with Gasteiger partial charge in [-0.2, -0.15) is 5.10 Å². The average molecular weight is 553 g/mol. The van der Waals surface area contributed by atoms with E-state index in [9.17, 15) is 0 Å². The maximum absolute atomic E-state index is 6.14. The largest absolute Gasteiger partial charge is 0.373 e. The Morgan fingerprint density at radius 2 is 2.03 bits per heavy atom. The molecule has 32 heavy (non-hydrogen) atoms. The molecule has 2 saturated heterocycles. The molecule has 7 nitrogen and oxygen atoms in total. The highest BCUT2D eigenvalue weighted by atomic mass is 127. The van der Waals surface area contributed by atoms with Gasteiger partial charge in [0, 0.05) is 52.0 Å². The van der Waals surface area contributed by atoms with Crippen molar-refractivity contribution in [2.45, 2.75) is 46.0 Å². The topological polar surface area (TPSA) is 57.9 Å². The Morgan fingerprint density at radius 1 is 1.25 bits per heavy atom. The number of likely N-dealkylation sites (tertiary alicyclic amines) is 1. The van der Waals surface area contributed by atoms with Crippen LogP contribution in [0.1, 0.15) is 23.9 Å². The number of aryl methyl sites for hydroxylation is 2. The van der Waals surface area contributed by atoms with Crippen LogP contribution in [0.4, 0.5) is 0 Å². The zero-order valence-electron chi connectivity index (χ0n) is 19.7. The molecule has 0 bridgehead atoms. The van der Waals surface area contributed by atoms with Crippen LogP contribution in [0.15, 0.2) is 41.4 Å². The Kier molecular flexibility index (Phi) is 8.95. The molecule has 1 aromatic carbocycles. The summed E-state index contributed by atoms with van der Waals surface area (Å²) in [5.74, 6) is 1.42. The highest BCUT2D eigenvalue weighted by molar-refractivity contribution is 14.0. The Labute approximate surface area is 209 Å². The van der Waals surface area contributed by atoms with Crippen LogP contribution >= 0.6 is 24.0 Å². The van der Waals surface area contributed by atoms with Crippen LogP contribution < -0.4 is 5.32 Å². The third-order valence-corrected chi connectivity index (χ3v) is 6.35. The smallest absolute Gasteiger partial charge is 0.193 e. The standard InChI is InChI=1S/C24H36N6O.HI/c1-18(14-30-20(3)12-19(2)27-30)13-26-24(25-4)29-16-22-23(17-29)31-11-10-28(22)15-21-8-6-5-7-9-21;/h5-9,12,18,22-23H,10-11,13-17H2,1-4H3,(H,25,26);1H. The third-order valence-electron chi connectivity index (χ3n) is 6.35. The maximum Gasteiger partial charge on any atom is 0.193 e. The fourth-order valence-corrected chi connectivity index (χ4v) is 4.76. The lowest BCUT2D eigenvalue weighted by molar-refractivity contribution is -0.0502. The molecule has 3 heterocycles. The number of halogens is 1. The molecule has 0 saturated carbocycles. The van der Waals surface area contributed by atoms with Crippen LogP contribution in [0.3, 0.4) is 0 Å². The number of morpholine rings is 1. The summed E-state index contributed by atoms with van der Waals surface area (Å²) in [6.07, 6.45) is 0.239. The van der Waals surface area contributed by atoms with Crippen LogP contribution in [0, 0.1) is 19.8 Å². The highest BCUT2D eigenvalue weighted by Crippen LogP contribution is 2.24. The van der Waals surface area contributed by atoms with Gasteiger partial charge < -0.3 is 15.0 Å². The number of nitrogens with zero attached hydrogens (tertiary/aromatic N) is 5. The first kappa shape index (κ1) is 25.0. The van der Waals surface area contributed by atoms with Crippen LogP contribution in [0.5, 0.6) is 0 Å². The van der Waals surface area contributed by atoms with Crippen LogP contribution in [0.2, 0.25) is 0 Å². The molecule has 4 rings (SSSR count). The van der Waals surface area contributed by atoms with E-state index < -0.39 is 0 Å². The van der Waals surface area contributed by atoms with E-state index in [0.717, 1.165) is 57.5 Å². The van der Waals surface area contributed by atoms with Crippen molar-refractivity contribution >= 4 is 29.9 Å². The van der Waals surface area contributed by atoms with Crippen molar-refractivity contribution in [3.63, 3.8) is 0 Å². The van der Waals surface area contributed by atoms with Gasteiger partial charge in [-0.05, 0) is 31.4 Å². The lowest BCUT2D eigenvalue weighted by Gasteiger charge is -2.36. The molecule has 176 valence electrons. The molecule has 0 radical (unpaired) electrons. The fourth-order valence-electron chi connectivity index (χ4n) is 4.76. The molecular weight excluding hydrogens is 515 g/mol. The van der Waals surface area contributed by atoms with Crippen molar-refractivity contribution in [3.05, 3.63) is 53.3 Å². The Morgan fingerprint density at radius 3 is 2.72 bits per heavy atom. The quantitative estimate of drug-likeness (QED) is 0.340. The SMILES string of the molecule is CN=C(NCC(C)Cn1nc(C)cc1C)N1CC2OCCN(Cc3ccccc3)C2C1.I. The molecule has 0 amide bonds. The Hall–Kier alpha value is -1.65. The second-order valence-electron chi connectivity index (χ2n) is 8.98. The maximum atomic E-state index is 6.14. The molecule has 2 aromatic rings. The van der Waals surface area contributed by atoms with Gasteiger partial charge in [0.2, 0.25) is 0 Å². The lowest BCUT2D eigenvalue weighted by atomic mass is 10.1. The first-order valence-corrected chi connectivity index (χ1v) is 11.4. The number of nitrogens with one attached hydrogen (secondary N) is 1. The molecule has 2 aliphatic heterocycles. The first-order chi connectivity index (χ1) is 15.0. The summed E-state index contributed by atoms with van der Waals surface area (Å²) in [5.41, 5.74) is 3.66. The van der Waals surface area contributed by atoms with Gasteiger partial charge in [0.05, 0.1) is 24.4 Å². The Bertz CT molecular complexity index is 886. The summed E-state index contributed by atoms with van der Waals surface area (Å²) in [7, 11) is 1.87. The number of ether oxygens (including phenoxy) is 1. The number of aliphatic imine (C=N–C) groups is 1. The van der Waals surface area contributed by atoms with Gasteiger partial charge in [0.15, 0.2) is 5.96 Å². The molecule has 0 spiro atoms. The first-order valence-electron chi connectivity index (χ1n) is 11.4. The van der Waals surface area contributed by atoms with E-state index in [0.29, 0.717) is 12.0 Å². The number of fused-ring (bicyclic) bond motifs is 1. The molecule has 2 aliphatic rings. The minimum atomic E-state index is 0. The van der Waals surface area contributed by atoms with E-state index in [1.807, 2.05) is 14.0 Å². The number of aromatic nitrogens is 2. The normalized spacial score (nSPS) is 22.4. The summed E-state index contributed by atoms with van der Waals surface area (Å²) in [6.45, 7) is 12.8. The predicted molar refractivity (Wildman–Crippen MR) is 140 cm³/mol. The number of benzene rings is 1. The van der Waals surface area contributed by atoms with Gasteiger partial charge in [-0.1, -0.05) is 37.3 Å². The number of hydrogen-bond donors (Lipinski definition) is 1. The molecule has 1 N–H and O–H groups in total. The second-order valence-corrected chi connectivity index (χ2v) is 8.98. The summed E-state index contributed by atoms with van der Waals surface area (Å²) >= 11 is 0. The molecule has 1 aromatic heterocycles. The molecule has 0 aliphatic carbocycles. The zero-order valence-corrected chi connectivity index (χ0v) is 22.0. The van der Waals surface area contributed by atoms with Crippen molar-refractivity contribution in [1.29, 1.82) is 0 Å². The van der Waals surface area contributed by atoms with Crippen molar-refractivity contribution < 1.29 is 4.74 Å². The fraction of sp³-hybridized carbons (Fsp3) is 0.583. The van der Waals surface area contributed by atoms with E-state index in [-0.39, 0.29) is 30.1 Å². The lowest BCUT2D eigenvalue weighted by Crippen LogP contribution is -2.50. The van der Waals surface area contributed by atoms with E-state index in [1.165, 1.54) is 11.3 Å². The molecular formula is C24H37IN6O. The van der Waals surface area contributed by atoms with Gasteiger partial charge in [0.25, 0.3) is 0 Å². The highest BCUT2D eigenvalue weighted by Gasteiger charge is 2.41. The van der Waals surface area contributed by atoms with Crippen LogP contribution in [0.25, 0.3) is 0 Å².